The van der Waals surface area contributed by atoms with Crippen molar-refractivity contribution in [1.82, 2.24) is 5.32 Å². The molecule has 2 amide bonds. The van der Waals surface area contributed by atoms with E-state index in [1.54, 1.807) is 0 Å². The number of nitrogens with zero attached hydrogens (tertiary/aromatic N) is 1. The summed E-state index contributed by atoms with van der Waals surface area (Å²) in [6.07, 6.45) is 2.65. The number of nitrogens with one attached hydrogen (secondary N) is 1. The van der Waals surface area contributed by atoms with Gasteiger partial charge in [0.15, 0.2) is 0 Å². The molecule has 1 rings (SSSR count). The fraction of sp³-hybridized carbons (Fsp3) is 0.931. The first-order chi connectivity index (χ1) is 15.2. The molecular formula is C29H56N3O3+. The van der Waals surface area contributed by atoms with Gasteiger partial charge in [-0.15, -0.1) is 0 Å². The van der Waals surface area contributed by atoms with E-state index in [2.05, 4.69) is 74.6 Å². The van der Waals surface area contributed by atoms with Crippen LogP contribution in [0.5, 0.6) is 0 Å². The van der Waals surface area contributed by atoms with Crippen LogP contribution in [0, 0.1) is 38.4 Å². The lowest BCUT2D eigenvalue weighted by Gasteiger charge is -2.47. The first-order valence-electron chi connectivity index (χ1n) is 13.3. The van der Waals surface area contributed by atoms with Gasteiger partial charge in [0.25, 0.3) is 0 Å². The van der Waals surface area contributed by atoms with E-state index in [9.17, 15) is 14.5 Å². The minimum absolute atomic E-state index is 0.0445. The van der Waals surface area contributed by atoms with Crippen molar-refractivity contribution in [2.24, 2.45) is 39.2 Å². The Morgan fingerprint density at radius 3 is 1.66 bits per heavy atom. The maximum atomic E-state index is 13.9. The predicted molar refractivity (Wildman–Crippen MR) is 145 cm³/mol. The van der Waals surface area contributed by atoms with E-state index in [1.807, 2.05) is 27.7 Å². The van der Waals surface area contributed by atoms with Crippen LogP contribution < -0.4 is 11.1 Å². The van der Waals surface area contributed by atoms with Crippen molar-refractivity contribution >= 4 is 11.8 Å². The average Bonchev–Trinajstić information content (AvgIpc) is 2.52. The summed E-state index contributed by atoms with van der Waals surface area (Å²) in [5.74, 6) is -0.811. The van der Waals surface area contributed by atoms with E-state index < -0.39 is 11.1 Å². The van der Waals surface area contributed by atoms with Crippen LogP contribution in [-0.2, 0) is 9.59 Å². The van der Waals surface area contributed by atoms with Gasteiger partial charge in [-0.2, -0.15) is 0 Å². The highest BCUT2D eigenvalue weighted by Gasteiger charge is 2.55. The number of nitrogens with two attached hydrogens (primary N) is 1. The first kappa shape index (κ1) is 31.6. The molecule has 0 radical (unpaired) electrons. The van der Waals surface area contributed by atoms with Gasteiger partial charge in [-0.1, -0.05) is 69.2 Å². The van der Waals surface area contributed by atoms with Gasteiger partial charge < -0.3 is 11.1 Å². The third-order valence-electron chi connectivity index (χ3n) is 7.86. The third-order valence-corrected chi connectivity index (χ3v) is 7.86. The quantitative estimate of drug-likeness (QED) is 0.391. The Labute approximate surface area is 215 Å². The van der Waals surface area contributed by atoms with Gasteiger partial charge in [0.1, 0.15) is 0 Å². The number of rotatable bonds is 8. The number of primary amides is 1. The highest BCUT2D eigenvalue weighted by atomic mass is 16.3. The number of carbonyl (C=O) groups is 2. The fourth-order valence-corrected chi connectivity index (χ4v) is 7.39. The van der Waals surface area contributed by atoms with Crippen molar-refractivity contribution in [2.75, 3.05) is 0 Å². The number of carbonyl (C=O) groups excluding carboxylic acids is 2. The van der Waals surface area contributed by atoms with Gasteiger partial charge in [-0.25, -0.2) is 0 Å². The summed E-state index contributed by atoms with van der Waals surface area (Å²) in [6.45, 7) is 29.0. The molecule has 0 aliphatic carbocycles. The molecule has 6 nitrogen and oxygen atoms in total. The van der Waals surface area contributed by atoms with Crippen molar-refractivity contribution in [3.63, 3.8) is 0 Å². The van der Waals surface area contributed by atoms with Crippen LogP contribution in [0.25, 0.3) is 0 Å². The van der Waals surface area contributed by atoms with Crippen molar-refractivity contribution in [2.45, 2.75) is 140 Å². The highest BCUT2D eigenvalue weighted by Crippen LogP contribution is 2.50. The standard InChI is InChI=1S/C29H55N3O3/c1-24(2,3)17-20(23(34)31-19-15-28(11,12)32(35)29(13,14)16-19)26(7,8)18-27(9,10)21(22(30)33)25(4,5)6/h19-21H,15-18H2,1-14H3,(H2-,30,31,33,34)/p+1. The molecule has 1 saturated heterocycles. The van der Waals surface area contributed by atoms with Crippen molar-refractivity contribution < 1.29 is 14.3 Å². The monoisotopic (exact) mass is 494 g/mol. The minimum atomic E-state index is -0.544. The molecule has 0 spiro atoms. The summed E-state index contributed by atoms with van der Waals surface area (Å²) in [5, 5.41) is 3.35. The van der Waals surface area contributed by atoms with Crippen LogP contribution in [-0.4, -0.2) is 33.7 Å². The van der Waals surface area contributed by atoms with Gasteiger partial charge in [0, 0.05) is 68.1 Å². The average molecular weight is 495 g/mol. The van der Waals surface area contributed by atoms with Crippen molar-refractivity contribution in [1.29, 1.82) is 0 Å². The molecule has 2 atom stereocenters. The Kier molecular flexibility index (Phi) is 8.82. The summed E-state index contributed by atoms with van der Waals surface area (Å²) < 4.78 is 1.19. The van der Waals surface area contributed by atoms with Gasteiger partial charge in [0.2, 0.25) is 22.9 Å². The molecule has 6 heteroatoms. The zero-order chi connectivity index (χ0) is 28.0. The fourth-order valence-electron chi connectivity index (χ4n) is 7.39. The van der Waals surface area contributed by atoms with Crippen molar-refractivity contribution in [3.05, 3.63) is 4.91 Å². The molecule has 1 fully saturated rings. The first-order valence-corrected chi connectivity index (χ1v) is 13.3. The number of hydrogen-bond acceptors (Lipinski definition) is 3. The third kappa shape index (κ3) is 8.01. The lowest BCUT2D eigenvalue weighted by Crippen LogP contribution is -2.60. The molecule has 2 unspecified atom stereocenters. The maximum absolute atomic E-state index is 13.9. The number of hydrogen-bond donors (Lipinski definition) is 2. The summed E-state index contributed by atoms with van der Waals surface area (Å²) in [4.78, 5) is 39.3. The summed E-state index contributed by atoms with van der Waals surface area (Å²) in [7, 11) is 0. The normalized spacial score (nSPS) is 21.4. The Bertz CT molecular complexity index is 790. The Balaban J connectivity index is 3.31. The molecule has 0 aromatic rings. The van der Waals surface area contributed by atoms with E-state index in [-0.39, 0.29) is 51.4 Å². The minimum Gasteiger partial charge on any atom is -0.369 e. The van der Waals surface area contributed by atoms with Crippen LogP contribution in [0.15, 0.2) is 0 Å². The van der Waals surface area contributed by atoms with Crippen LogP contribution >= 0.6 is 0 Å². The van der Waals surface area contributed by atoms with Crippen LogP contribution in [0.3, 0.4) is 0 Å². The van der Waals surface area contributed by atoms with E-state index in [4.69, 9.17) is 5.73 Å². The highest BCUT2D eigenvalue weighted by molar-refractivity contribution is 5.80. The number of amides is 2. The van der Waals surface area contributed by atoms with Crippen LogP contribution in [0.4, 0.5) is 0 Å². The summed E-state index contributed by atoms with van der Waals surface area (Å²) in [5.41, 5.74) is 3.73. The molecule has 1 aliphatic heterocycles. The molecule has 35 heavy (non-hydrogen) atoms. The van der Waals surface area contributed by atoms with Crippen LogP contribution in [0.2, 0.25) is 0 Å². The zero-order valence-corrected chi connectivity index (χ0v) is 25.3. The molecule has 0 saturated carbocycles. The largest absolute Gasteiger partial charge is 0.369 e. The van der Waals surface area contributed by atoms with Gasteiger partial charge in [-0.3, -0.25) is 9.59 Å². The predicted octanol–water partition coefficient (Wildman–Crippen LogP) is 6.24. The topological polar surface area (TPSA) is 92.3 Å². The second-order valence-electron chi connectivity index (χ2n) is 16.2. The number of nitroso groups, excluding NO2 is 1. The molecule has 0 aromatic heterocycles. The Morgan fingerprint density at radius 1 is 0.886 bits per heavy atom. The Hall–Kier alpha value is -1.46. The number of piperidine rings is 1. The molecule has 3 N–H and O–H groups in total. The lowest BCUT2D eigenvalue weighted by atomic mass is 9.57. The zero-order valence-electron chi connectivity index (χ0n) is 25.3. The van der Waals surface area contributed by atoms with E-state index in [1.165, 1.54) is 4.76 Å². The smallest absolute Gasteiger partial charge is 0.223 e. The van der Waals surface area contributed by atoms with E-state index in [0.29, 0.717) is 19.3 Å². The van der Waals surface area contributed by atoms with Gasteiger partial charge in [-0.05, 0) is 34.5 Å². The SMILES string of the molecule is CC(C)(C)CC(C(=O)NC1CC(C)(C)[N+](=O)C(C)(C)C1)C(C)(C)CC(C)(C)C(C(N)=O)C(C)(C)C. The summed E-state index contributed by atoms with van der Waals surface area (Å²) >= 11 is 0. The molecular weight excluding hydrogens is 438 g/mol. The van der Waals surface area contributed by atoms with Gasteiger partial charge >= 0.3 is 0 Å². The second kappa shape index (κ2) is 9.78. The lowest BCUT2D eigenvalue weighted by molar-refractivity contribution is -0.693. The molecule has 204 valence electrons. The molecule has 1 aliphatic rings. The van der Waals surface area contributed by atoms with Crippen molar-refractivity contribution in [3.8, 4) is 0 Å². The van der Waals surface area contributed by atoms with Gasteiger partial charge in [0.05, 0.1) is 0 Å². The van der Waals surface area contributed by atoms with Crippen LogP contribution in [0.1, 0.15) is 123 Å². The molecule has 0 bridgehead atoms. The Morgan fingerprint density at radius 2 is 1.31 bits per heavy atom. The maximum Gasteiger partial charge on any atom is 0.223 e. The molecule has 1 heterocycles. The van der Waals surface area contributed by atoms with E-state index >= 15 is 0 Å². The second-order valence-corrected chi connectivity index (χ2v) is 16.2. The molecule has 0 aromatic carbocycles. The van der Waals surface area contributed by atoms with E-state index in [0.717, 1.165) is 6.42 Å². The summed E-state index contributed by atoms with van der Waals surface area (Å²) in [6, 6.07) is -0.0584.